The second kappa shape index (κ2) is 8.03. The van der Waals surface area contributed by atoms with Crippen molar-refractivity contribution in [2.45, 2.75) is 44.3 Å². The number of benzene rings is 1. The van der Waals surface area contributed by atoms with Crippen LogP contribution in [0.1, 0.15) is 37.7 Å². The van der Waals surface area contributed by atoms with Gasteiger partial charge < -0.3 is 16.0 Å². The Bertz CT molecular complexity index is 584. The minimum absolute atomic E-state index is 0.0318. The average molecular weight is 343 g/mol. The topological polar surface area (TPSA) is 70.2 Å². The molecule has 0 heterocycles. The molecule has 0 saturated heterocycles. The third-order valence-electron chi connectivity index (χ3n) is 3.82. The van der Waals surface area contributed by atoms with Crippen molar-refractivity contribution in [2.24, 2.45) is 0 Å². The van der Waals surface area contributed by atoms with E-state index in [-0.39, 0.29) is 18.3 Å². The Labute approximate surface area is 138 Å². The largest absolute Gasteiger partial charge is 0.416 e. The molecule has 0 aromatic heterocycles. The van der Waals surface area contributed by atoms with Crippen molar-refractivity contribution >= 4 is 17.6 Å². The molecule has 3 amide bonds. The zero-order valence-corrected chi connectivity index (χ0v) is 13.1. The lowest BCUT2D eigenvalue weighted by Gasteiger charge is -2.22. The molecule has 0 unspecified atom stereocenters. The predicted molar refractivity (Wildman–Crippen MR) is 83.5 cm³/mol. The van der Waals surface area contributed by atoms with Gasteiger partial charge in [-0.1, -0.05) is 25.3 Å². The number of anilines is 1. The number of urea groups is 1. The first-order valence-electron chi connectivity index (χ1n) is 7.86. The van der Waals surface area contributed by atoms with Gasteiger partial charge in [-0.25, -0.2) is 4.79 Å². The van der Waals surface area contributed by atoms with Crippen LogP contribution in [0.2, 0.25) is 0 Å². The van der Waals surface area contributed by atoms with E-state index in [1.807, 2.05) is 0 Å². The molecule has 1 aliphatic rings. The number of carbonyl (C=O) groups excluding carboxylic acids is 2. The summed E-state index contributed by atoms with van der Waals surface area (Å²) in [5, 5.41) is 7.53. The number of halogens is 3. The minimum Gasteiger partial charge on any atom is -0.335 e. The lowest BCUT2D eigenvalue weighted by Crippen LogP contribution is -2.45. The molecule has 0 radical (unpaired) electrons. The van der Waals surface area contributed by atoms with E-state index in [1.54, 1.807) is 0 Å². The van der Waals surface area contributed by atoms with Crippen LogP contribution < -0.4 is 16.0 Å². The molecule has 1 saturated carbocycles. The number of hydrogen-bond acceptors (Lipinski definition) is 2. The zero-order chi connectivity index (χ0) is 17.6. The predicted octanol–water partition coefficient (Wildman–Crippen LogP) is 3.28. The highest BCUT2D eigenvalue weighted by Gasteiger charge is 2.30. The molecule has 1 aliphatic carbocycles. The first-order valence-corrected chi connectivity index (χ1v) is 7.86. The molecule has 24 heavy (non-hydrogen) atoms. The van der Waals surface area contributed by atoms with Gasteiger partial charge in [-0.05, 0) is 31.0 Å². The van der Waals surface area contributed by atoms with Crippen molar-refractivity contribution in [1.29, 1.82) is 0 Å². The summed E-state index contributed by atoms with van der Waals surface area (Å²) in [6, 6.07) is 4.01. The molecule has 8 heteroatoms. The number of amides is 3. The van der Waals surface area contributed by atoms with Crippen LogP contribution in [0.4, 0.5) is 23.7 Å². The van der Waals surface area contributed by atoms with Gasteiger partial charge in [-0.15, -0.1) is 0 Å². The summed E-state index contributed by atoms with van der Waals surface area (Å²) < 4.78 is 37.8. The van der Waals surface area contributed by atoms with Crippen LogP contribution in [-0.2, 0) is 11.0 Å². The van der Waals surface area contributed by atoms with Gasteiger partial charge in [0.1, 0.15) is 0 Å². The van der Waals surface area contributed by atoms with Crippen LogP contribution >= 0.6 is 0 Å². The SMILES string of the molecule is O=C(CNC(=O)NC1CCCCC1)Nc1cccc(C(F)(F)F)c1. The van der Waals surface area contributed by atoms with Crippen LogP contribution in [0.15, 0.2) is 24.3 Å². The summed E-state index contributed by atoms with van der Waals surface area (Å²) in [4.78, 5) is 23.4. The number of carbonyl (C=O) groups is 2. The van der Waals surface area contributed by atoms with E-state index in [9.17, 15) is 22.8 Å². The van der Waals surface area contributed by atoms with Gasteiger partial charge in [0.15, 0.2) is 0 Å². The Kier molecular flexibility index (Phi) is 6.05. The monoisotopic (exact) mass is 343 g/mol. The number of alkyl halides is 3. The molecular weight excluding hydrogens is 323 g/mol. The summed E-state index contributed by atoms with van der Waals surface area (Å²) in [5.41, 5.74) is -0.812. The Hall–Kier alpha value is -2.25. The first-order chi connectivity index (χ1) is 11.3. The molecule has 3 N–H and O–H groups in total. The Morgan fingerprint density at radius 3 is 2.50 bits per heavy atom. The number of nitrogens with one attached hydrogen (secondary N) is 3. The molecule has 0 bridgehead atoms. The van der Waals surface area contributed by atoms with Gasteiger partial charge in [0.05, 0.1) is 12.1 Å². The maximum atomic E-state index is 12.6. The van der Waals surface area contributed by atoms with Gasteiger partial charge in [0.25, 0.3) is 0 Å². The second-order valence-corrected chi connectivity index (χ2v) is 5.79. The van der Waals surface area contributed by atoms with Gasteiger partial charge in [-0.2, -0.15) is 13.2 Å². The second-order valence-electron chi connectivity index (χ2n) is 5.79. The Balaban J connectivity index is 1.77. The van der Waals surface area contributed by atoms with Gasteiger partial charge in [-0.3, -0.25) is 4.79 Å². The lowest BCUT2D eigenvalue weighted by molar-refractivity contribution is -0.137. The van der Waals surface area contributed by atoms with E-state index in [0.29, 0.717) is 0 Å². The highest BCUT2D eigenvalue weighted by Crippen LogP contribution is 2.30. The van der Waals surface area contributed by atoms with E-state index < -0.39 is 23.7 Å². The van der Waals surface area contributed by atoms with E-state index in [1.165, 1.54) is 18.6 Å². The summed E-state index contributed by atoms with van der Waals surface area (Å²) in [6.45, 7) is -0.311. The maximum absolute atomic E-state index is 12.6. The third kappa shape index (κ3) is 5.75. The molecule has 5 nitrogen and oxygen atoms in total. The number of hydrogen-bond donors (Lipinski definition) is 3. The number of rotatable bonds is 4. The molecule has 1 fully saturated rings. The van der Waals surface area contributed by atoms with E-state index in [2.05, 4.69) is 16.0 Å². The molecular formula is C16H20F3N3O2. The summed E-state index contributed by atoms with van der Waals surface area (Å²) in [6.07, 6.45) is 0.674. The summed E-state index contributed by atoms with van der Waals surface area (Å²) in [5.74, 6) is -0.590. The quantitative estimate of drug-likeness (QED) is 0.785. The van der Waals surface area contributed by atoms with Crippen LogP contribution in [0.5, 0.6) is 0 Å². The highest BCUT2D eigenvalue weighted by molar-refractivity contribution is 5.94. The average Bonchev–Trinajstić information content (AvgIpc) is 2.53. The first kappa shape index (κ1) is 18.1. The van der Waals surface area contributed by atoms with Gasteiger partial charge >= 0.3 is 12.2 Å². The van der Waals surface area contributed by atoms with Crippen molar-refractivity contribution in [3.63, 3.8) is 0 Å². The summed E-state index contributed by atoms with van der Waals surface area (Å²) >= 11 is 0. The van der Waals surface area contributed by atoms with Crippen molar-refractivity contribution < 1.29 is 22.8 Å². The molecule has 2 rings (SSSR count). The van der Waals surface area contributed by atoms with E-state index in [4.69, 9.17) is 0 Å². The van der Waals surface area contributed by atoms with Crippen molar-refractivity contribution in [2.75, 3.05) is 11.9 Å². The van der Waals surface area contributed by atoms with Gasteiger partial charge in [0.2, 0.25) is 5.91 Å². The molecule has 132 valence electrons. The fourth-order valence-corrected chi connectivity index (χ4v) is 2.62. The molecule has 1 aromatic rings. The van der Waals surface area contributed by atoms with Crippen molar-refractivity contribution in [3.05, 3.63) is 29.8 Å². The van der Waals surface area contributed by atoms with Crippen LogP contribution in [-0.4, -0.2) is 24.5 Å². The van der Waals surface area contributed by atoms with Crippen LogP contribution in [0, 0.1) is 0 Å². The van der Waals surface area contributed by atoms with Crippen molar-refractivity contribution in [1.82, 2.24) is 10.6 Å². The molecule has 0 aliphatic heterocycles. The van der Waals surface area contributed by atoms with Crippen LogP contribution in [0.25, 0.3) is 0 Å². The highest BCUT2D eigenvalue weighted by atomic mass is 19.4. The smallest absolute Gasteiger partial charge is 0.335 e. The fraction of sp³-hybridized carbons (Fsp3) is 0.500. The van der Waals surface area contributed by atoms with Crippen LogP contribution in [0.3, 0.4) is 0 Å². The summed E-state index contributed by atoms with van der Waals surface area (Å²) in [7, 11) is 0. The van der Waals surface area contributed by atoms with Crippen molar-refractivity contribution in [3.8, 4) is 0 Å². The zero-order valence-electron chi connectivity index (χ0n) is 13.1. The molecule has 0 atom stereocenters. The lowest BCUT2D eigenvalue weighted by atomic mass is 9.96. The fourth-order valence-electron chi connectivity index (χ4n) is 2.62. The van der Waals surface area contributed by atoms with E-state index >= 15 is 0 Å². The van der Waals surface area contributed by atoms with E-state index in [0.717, 1.165) is 37.8 Å². The minimum atomic E-state index is -4.47. The van der Waals surface area contributed by atoms with Gasteiger partial charge in [0, 0.05) is 11.7 Å². The Morgan fingerprint density at radius 2 is 1.83 bits per heavy atom. The normalized spacial score (nSPS) is 15.6. The standard InChI is InChI=1S/C16H20F3N3O2/c17-16(18,19)11-5-4-8-13(9-11)21-14(23)10-20-15(24)22-12-6-2-1-3-7-12/h4-5,8-9,12H,1-3,6-7,10H2,(H,21,23)(H2,20,22,24). The Morgan fingerprint density at radius 1 is 1.12 bits per heavy atom. The maximum Gasteiger partial charge on any atom is 0.416 e. The molecule has 1 aromatic carbocycles. The molecule has 0 spiro atoms. The third-order valence-corrected chi connectivity index (χ3v) is 3.82.